The van der Waals surface area contributed by atoms with Crippen LogP contribution in [-0.2, 0) is 12.8 Å². The minimum absolute atomic E-state index is 0.467. The molecule has 1 aliphatic rings. The van der Waals surface area contributed by atoms with E-state index in [9.17, 15) is 0 Å². The molecule has 0 bridgehead atoms. The van der Waals surface area contributed by atoms with Gasteiger partial charge in [0.05, 0.1) is 0 Å². The number of benzene rings is 2. The highest BCUT2D eigenvalue weighted by Crippen LogP contribution is 2.40. The van der Waals surface area contributed by atoms with Crippen molar-refractivity contribution in [1.29, 1.82) is 0 Å². The number of aryl methyl sites for hydroxylation is 1. The molecule has 0 amide bonds. The highest BCUT2D eigenvalue weighted by Gasteiger charge is 2.26. The Hall–Kier alpha value is -1.51. The van der Waals surface area contributed by atoms with E-state index < -0.39 is 0 Å². The Morgan fingerprint density at radius 3 is 2.71 bits per heavy atom. The fourth-order valence-electron chi connectivity index (χ4n) is 3.22. The molecule has 0 saturated heterocycles. The molecule has 2 N–H and O–H groups in total. The fourth-order valence-corrected chi connectivity index (χ4v) is 3.48. The topological polar surface area (TPSA) is 29.3 Å². The molecule has 3 heteroatoms. The van der Waals surface area contributed by atoms with Crippen molar-refractivity contribution in [3.05, 3.63) is 58.6 Å². The van der Waals surface area contributed by atoms with Crippen molar-refractivity contribution in [3.8, 4) is 0 Å². The van der Waals surface area contributed by atoms with E-state index >= 15 is 0 Å². The van der Waals surface area contributed by atoms with Gasteiger partial charge >= 0.3 is 0 Å². The van der Waals surface area contributed by atoms with Crippen LogP contribution >= 0.6 is 11.6 Å². The molecule has 0 saturated carbocycles. The minimum Gasteiger partial charge on any atom is -0.338 e. The van der Waals surface area contributed by atoms with Crippen LogP contribution in [0.5, 0.6) is 0 Å². The first kappa shape index (κ1) is 14.4. The van der Waals surface area contributed by atoms with E-state index in [4.69, 9.17) is 17.3 Å². The molecule has 21 heavy (non-hydrogen) atoms. The molecule has 1 aliphatic heterocycles. The van der Waals surface area contributed by atoms with Crippen LogP contribution in [0.4, 0.5) is 11.4 Å². The molecule has 2 aromatic carbocycles. The Morgan fingerprint density at radius 2 is 1.90 bits per heavy atom. The van der Waals surface area contributed by atoms with Gasteiger partial charge in [-0.1, -0.05) is 35.9 Å². The Labute approximate surface area is 131 Å². The summed E-state index contributed by atoms with van der Waals surface area (Å²) in [6.07, 6.45) is 3.10. The molecule has 110 valence electrons. The highest BCUT2D eigenvalue weighted by atomic mass is 35.5. The molecule has 0 aromatic heterocycles. The molecule has 0 spiro atoms. The number of nitrogens with zero attached hydrogens (tertiary/aromatic N) is 1. The maximum Gasteiger partial charge on any atom is 0.0461 e. The van der Waals surface area contributed by atoms with Gasteiger partial charge in [0, 0.05) is 22.4 Å². The average Bonchev–Trinajstić information content (AvgIpc) is 2.50. The normalized spacial score (nSPS) is 17.7. The molecule has 3 rings (SSSR count). The fraction of sp³-hybridized carbons (Fsp3) is 0.333. The second-order valence-corrected chi connectivity index (χ2v) is 6.07. The van der Waals surface area contributed by atoms with Crippen LogP contribution in [0.25, 0.3) is 0 Å². The lowest BCUT2D eigenvalue weighted by molar-refractivity contribution is 0.616. The summed E-state index contributed by atoms with van der Waals surface area (Å²) in [5, 5.41) is 0.813. The number of nitrogens with two attached hydrogens (primary N) is 1. The van der Waals surface area contributed by atoms with E-state index in [-0.39, 0.29) is 0 Å². The Balaban J connectivity index is 2.14. The lowest BCUT2D eigenvalue weighted by Crippen LogP contribution is -2.34. The molecule has 1 atom stereocenters. The number of anilines is 2. The molecule has 0 aliphatic carbocycles. The van der Waals surface area contributed by atoms with Crippen molar-refractivity contribution in [2.45, 2.75) is 32.2 Å². The average molecular weight is 301 g/mol. The van der Waals surface area contributed by atoms with Crippen LogP contribution in [0.1, 0.15) is 24.5 Å². The summed E-state index contributed by atoms with van der Waals surface area (Å²) in [5.74, 6) is 0. The standard InChI is InChI=1S/C18H21ClN2/c1-13-9-10-14-5-2-3-7-17(14)21(13)18-8-4-6-16(19)15(18)11-12-20/h2-8,13H,9-12,20H2,1H3. The van der Waals surface area contributed by atoms with Gasteiger partial charge in [0.25, 0.3) is 0 Å². The Bertz CT molecular complexity index is 639. The van der Waals surface area contributed by atoms with Crippen molar-refractivity contribution in [3.63, 3.8) is 0 Å². The summed E-state index contributed by atoms with van der Waals surface area (Å²) in [6.45, 7) is 2.89. The van der Waals surface area contributed by atoms with Crippen LogP contribution in [0.2, 0.25) is 5.02 Å². The molecule has 1 heterocycles. The van der Waals surface area contributed by atoms with Crippen molar-refractivity contribution in [2.24, 2.45) is 5.73 Å². The Morgan fingerprint density at radius 1 is 1.14 bits per heavy atom. The second kappa shape index (κ2) is 6.08. The van der Waals surface area contributed by atoms with E-state index in [1.807, 2.05) is 12.1 Å². The molecular formula is C18H21ClN2. The smallest absolute Gasteiger partial charge is 0.0461 e. The van der Waals surface area contributed by atoms with Gasteiger partial charge in [-0.3, -0.25) is 0 Å². The van der Waals surface area contributed by atoms with Crippen LogP contribution in [0.3, 0.4) is 0 Å². The van der Waals surface area contributed by atoms with Gasteiger partial charge < -0.3 is 10.6 Å². The number of hydrogen-bond donors (Lipinski definition) is 1. The van der Waals surface area contributed by atoms with Crippen molar-refractivity contribution in [1.82, 2.24) is 0 Å². The number of hydrogen-bond acceptors (Lipinski definition) is 2. The van der Waals surface area contributed by atoms with Gasteiger partial charge in [-0.15, -0.1) is 0 Å². The van der Waals surface area contributed by atoms with E-state index in [1.54, 1.807) is 0 Å². The summed E-state index contributed by atoms with van der Waals surface area (Å²) in [6, 6.07) is 15.3. The monoisotopic (exact) mass is 300 g/mol. The van der Waals surface area contributed by atoms with Crippen molar-refractivity contribution in [2.75, 3.05) is 11.4 Å². The first-order valence-electron chi connectivity index (χ1n) is 7.57. The first-order chi connectivity index (χ1) is 10.2. The Kier molecular flexibility index (Phi) is 4.18. The highest BCUT2D eigenvalue weighted by molar-refractivity contribution is 6.31. The van der Waals surface area contributed by atoms with E-state index in [0.29, 0.717) is 12.6 Å². The number of halogens is 1. The van der Waals surface area contributed by atoms with Crippen LogP contribution < -0.4 is 10.6 Å². The maximum absolute atomic E-state index is 6.42. The third kappa shape index (κ3) is 2.66. The van der Waals surface area contributed by atoms with Crippen LogP contribution in [0.15, 0.2) is 42.5 Å². The lowest BCUT2D eigenvalue weighted by atomic mass is 9.94. The molecule has 0 fully saturated rings. The summed E-state index contributed by atoms with van der Waals surface area (Å²) in [7, 11) is 0. The molecule has 0 radical (unpaired) electrons. The second-order valence-electron chi connectivity index (χ2n) is 5.66. The molecule has 2 aromatic rings. The summed E-state index contributed by atoms with van der Waals surface area (Å²) in [4.78, 5) is 2.43. The molecule has 2 nitrogen and oxygen atoms in total. The maximum atomic E-state index is 6.42. The van der Waals surface area contributed by atoms with Gasteiger partial charge in [0.2, 0.25) is 0 Å². The van der Waals surface area contributed by atoms with Gasteiger partial charge in [0.1, 0.15) is 0 Å². The summed E-state index contributed by atoms with van der Waals surface area (Å²) < 4.78 is 0. The van der Waals surface area contributed by atoms with Crippen molar-refractivity contribution < 1.29 is 0 Å². The number of rotatable bonds is 3. The minimum atomic E-state index is 0.467. The van der Waals surface area contributed by atoms with E-state index in [2.05, 4.69) is 42.2 Å². The zero-order valence-electron chi connectivity index (χ0n) is 12.3. The van der Waals surface area contributed by atoms with E-state index in [0.717, 1.165) is 29.8 Å². The third-order valence-corrected chi connectivity index (χ3v) is 4.63. The predicted molar refractivity (Wildman–Crippen MR) is 90.6 cm³/mol. The third-order valence-electron chi connectivity index (χ3n) is 4.27. The molecular weight excluding hydrogens is 280 g/mol. The summed E-state index contributed by atoms with van der Waals surface area (Å²) in [5.41, 5.74) is 10.9. The summed E-state index contributed by atoms with van der Waals surface area (Å²) >= 11 is 6.42. The van der Waals surface area contributed by atoms with Crippen molar-refractivity contribution >= 4 is 23.0 Å². The quantitative estimate of drug-likeness (QED) is 0.915. The van der Waals surface area contributed by atoms with Gasteiger partial charge in [-0.05, 0) is 62.1 Å². The van der Waals surface area contributed by atoms with Crippen LogP contribution in [0, 0.1) is 0 Å². The number of fused-ring (bicyclic) bond motifs is 1. The van der Waals surface area contributed by atoms with Gasteiger partial charge in [0.15, 0.2) is 0 Å². The van der Waals surface area contributed by atoms with Gasteiger partial charge in [-0.25, -0.2) is 0 Å². The lowest BCUT2D eigenvalue weighted by Gasteiger charge is -2.38. The van der Waals surface area contributed by atoms with Crippen LogP contribution in [-0.4, -0.2) is 12.6 Å². The molecule has 1 unspecified atom stereocenters. The van der Waals surface area contributed by atoms with Gasteiger partial charge in [-0.2, -0.15) is 0 Å². The zero-order chi connectivity index (χ0) is 14.8. The predicted octanol–water partition coefficient (Wildman–Crippen LogP) is 4.31. The largest absolute Gasteiger partial charge is 0.338 e. The number of para-hydroxylation sites is 1. The SMILES string of the molecule is CC1CCc2ccccc2N1c1cccc(Cl)c1CCN. The first-order valence-corrected chi connectivity index (χ1v) is 7.94. The zero-order valence-corrected chi connectivity index (χ0v) is 13.1. The van der Waals surface area contributed by atoms with E-state index in [1.165, 1.54) is 16.9 Å².